The van der Waals surface area contributed by atoms with Crippen molar-refractivity contribution in [3.63, 3.8) is 0 Å². The summed E-state index contributed by atoms with van der Waals surface area (Å²) in [5, 5.41) is 0. The van der Waals surface area contributed by atoms with Crippen LogP contribution in [0.5, 0.6) is 0 Å². The average molecular weight is 1130 g/mol. The Balaban J connectivity index is 4.14. The molecule has 0 aliphatic heterocycles. The van der Waals surface area contributed by atoms with E-state index in [4.69, 9.17) is 14.2 Å². The minimum atomic E-state index is -0.783. The van der Waals surface area contributed by atoms with Gasteiger partial charge in [-0.1, -0.05) is 319 Å². The zero-order valence-corrected chi connectivity index (χ0v) is 54.3. The number of rotatable bonds is 66. The molecule has 6 heteroatoms. The summed E-state index contributed by atoms with van der Waals surface area (Å²) in [6, 6.07) is 0. The summed E-state index contributed by atoms with van der Waals surface area (Å²) in [4.78, 5) is 38.4. The monoisotopic (exact) mass is 1130 g/mol. The van der Waals surface area contributed by atoms with Crippen LogP contribution < -0.4 is 0 Å². The van der Waals surface area contributed by atoms with Crippen LogP contribution in [-0.2, 0) is 28.6 Å². The van der Waals surface area contributed by atoms with Crippen LogP contribution in [0, 0.1) is 0 Å². The molecule has 0 aliphatic rings. The SMILES string of the molecule is CCCC/C=C\C/C=C\CCCCCCCC(=O)OCC(COC(=O)CCCCCCCCCCCCCCCCCCCCCCC/C=C\C/C=C\CCCCCCC)OC(=O)CCCCCCC/C=C\CCCCCCCCC. The highest BCUT2D eigenvalue weighted by Gasteiger charge is 2.19. The maximum Gasteiger partial charge on any atom is 0.306 e. The van der Waals surface area contributed by atoms with E-state index in [-0.39, 0.29) is 31.1 Å². The zero-order valence-electron chi connectivity index (χ0n) is 54.3. The van der Waals surface area contributed by atoms with Crippen LogP contribution in [0.25, 0.3) is 0 Å². The maximum atomic E-state index is 12.9. The molecule has 0 rings (SSSR count). The molecule has 6 nitrogen and oxygen atoms in total. The van der Waals surface area contributed by atoms with E-state index in [1.165, 1.54) is 244 Å². The summed E-state index contributed by atoms with van der Waals surface area (Å²) < 4.78 is 16.9. The summed E-state index contributed by atoms with van der Waals surface area (Å²) in [5.41, 5.74) is 0. The Bertz CT molecular complexity index is 1440. The molecular formula is C75H136O6. The second-order valence-electron chi connectivity index (χ2n) is 24.1. The van der Waals surface area contributed by atoms with Gasteiger partial charge in [-0.3, -0.25) is 14.4 Å². The van der Waals surface area contributed by atoms with Crippen LogP contribution in [0.15, 0.2) is 60.8 Å². The summed E-state index contributed by atoms with van der Waals surface area (Å²) in [7, 11) is 0. The minimum absolute atomic E-state index is 0.0782. The lowest BCUT2D eigenvalue weighted by molar-refractivity contribution is -0.167. The van der Waals surface area contributed by atoms with Gasteiger partial charge in [-0.15, -0.1) is 0 Å². The van der Waals surface area contributed by atoms with Gasteiger partial charge >= 0.3 is 17.9 Å². The van der Waals surface area contributed by atoms with Crippen molar-refractivity contribution in [2.45, 2.75) is 386 Å². The lowest BCUT2D eigenvalue weighted by Gasteiger charge is -2.18. The fourth-order valence-electron chi connectivity index (χ4n) is 10.5. The van der Waals surface area contributed by atoms with E-state index in [0.717, 1.165) is 96.3 Å². The molecule has 0 aromatic rings. The Morgan fingerprint density at radius 1 is 0.247 bits per heavy atom. The van der Waals surface area contributed by atoms with Gasteiger partial charge in [-0.2, -0.15) is 0 Å². The van der Waals surface area contributed by atoms with Gasteiger partial charge < -0.3 is 14.2 Å². The number of hydrogen-bond acceptors (Lipinski definition) is 6. The molecule has 0 bridgehead atoms. The molecule has 0 spiro atoms. The molecule has 0 aromatic heterocycles. The first-order valence-corrected chi connectivity index (χ1v) is 35.8. The third kappa shape index (κ3) is 67.8. The van der Waals surface area contributed by atoms with Crippen molar-refractivity contribution in [2.75, 3.05) is 13.2 Å². The topological polar surface area (TPSA) is 78.9 Å². The third-order valence-corrected chi connectivity index (χ3v) is 16.0. The van der Waals surface area contributed by atoms with Crippen LogP contribution in [0.4, 0.5) is 0 Å². The Labute approximate surface area is 504 Å². The molecule has 0 radical (unpaired) electrons. The first-order chi connectivity index (χ1) is 40.0. The van der Waals surface area contributed by atoms with Crippen LogP contribution in [0.3, 0.4) is 0 Å². The van der Waals surface area contributed by atoms with E-state index in [1.807, 2.05) is 0 Å². The molecule has 0 amide bonds. The van der Waals surface area contributed by atoms with Gasteiger partial charge in [0.2, 0.25) is 0 Å². The highest BCUT2D eigenvalue weighted by Crippen LogP contribution is 2.18. The number of allylic oxidation sites excluding steroid dienone is 10. The van der Waals surface area contributed by atoms with Crippen molar-refractivity contribution in [2.24, 2.45) is 0 Å². The Kier molecular flexibility index (Phi) is 67.1. The number of carbonyl (C=O) groups excluding carboxylic acids is 3. The van der Waals surface area contributed by atoms with Crippen molar-refractivity contribution < 1.29 is 28.6 Å². The van der Waals surface area contributed by atoms with Crippen molar-refractivity contribution in [3.8, 4) is 0 Å². The lowest BCUT2D eigenvalue weighted by Crippen LogP contribution is -2.30. The molecular weight excluding hydrogens is 997 g/mol. The number of esters is 3. The molecule has 0 aliphatic carbocycles. The highest BCUT2D eigenvalue weighted by atomic mass is 16.6. The van der Waals surface area contributed by atoms with E-state index in [1.54, 1.807) is 0 Å². The second-order valence-corrected chi connectivity index (χ2v) is 24.1. The average Bonchev–Trinajstić information content (AvgIpc) is 3.47. The molecule has 0 fully saturated rings. The first-order valence-electron chi connectivity index (χ1n) is 35.8. The summed E-state index contributed by atoms with van der Waals surface area (Å²) >= 11 is 0. The predicted molar refractivity (Wildman–Crippen MR) is 353 cm³/mol. The first kappa shape index (κ1) is 78.1. The van der Waals surface area contributed by atoms with Gasteiger partial charge in [0.25, 0.3) is 0 Å². The highest BCUT2D eigenvalue weighted by molar-refractivity contribution is 5.71. The number of ether oxygens (including phenoxy) is 3. The largest absolute Gasteiger partial charge is 0.462 e. The second kappa shape index (κ2) is 69.6. The fraction of sp³-hybridized carbons (Fsp3) is 0.827. The Morgan fingerprint density at radius 3 is 0.728 bits per heavy atom. The van der Waals surface area contributed by atoms with Crippen molar-refractivity contribution >= 4 is 17.9 Å². The van der Waals surface area contributed by atoms with Gasteiger partial charge in [0.1, 0.15) is 13.2 Å². The summed E-state index contributed by atoms with van der Waals surface area (Å²) in [6.45, 7) is 6.62. The van der Waals surface area contributed by atoms with E-state index < -0.39 is 6.10 Å². The zero-order chi connectivity index (χ0) is 58.5. The van der Waals surface area contributed by atoms with E-state index in [0.29, 0.717) is 19.3 Å². The van der Waals surface area contributed by atoms with E-state index in [2.05, 4.69) is 81.5 Å². The van der Waals surface area contributed by atoms with Crippen LogP contribution >= 0.6 is 0 Å². The minimum Gasteiger partial charge on any atom is -0.462 e. The Hall–Kier alpha value is -2.89. The molecule has 0 saturated carbocycles. The quantitative estimate of drug-likeness (QED) is 0.0261. The van der Waals surface area contributed by atoms with Crippen LogP contribution in [0.2, 0.25) is 0 Å². The molecule has 1 unspecified atom stereocenters. The van der Waals surface area contributed by atoms with Crippen molar-refractivity contribution in [1.82, 2.24) is 0 Å². The lowest BCUT2D eigenvalue weighted by atomic mass is 10.0. The maximum absolute atomic E-state index is 12.9. The Morgan fingerprint density at radius 2 is 0.457 bits per heavy atom. The predicted octanol–water partition coefficient (Wildman–Crippen LogP) is 24.7. The van der Waals surface area contributed by atoms with Crippen molar-refractivity contribution in [1.29, 1.82) is 0 Å². The fourth-order valence-corrected chi connectivity index (χ4v) is 10.5. The van der Waals surface area contributed by atoms with Gasteiger partial charge in [0.15, 0.2) is 6.10 Å². The number of hydrogen-bond donors (Lipinski definition) is 0. The normalized spacial score (nSPS) is 12.4. The van der Waals surface area contributed by atoms with Crippen LogP contribution in [-0.4, -0.2) is 37.2 Å². The van der Waals surface area contributed by atoms with Gasteiger partial charge in [-0.25, -0.2) is 0 Å². The molecule has 0 heterocycles. The molecule has 0 N–H and O–H groups in total. The summed E-state index contributed by atoms with van der Waals surface area (Å²) in [6.07, 6.45) is 89.8. The van der Waals surface area contributed by atoms with Gasteiger partial charge in [0.05, 0.1) is 0 Å². The van der Waals surface area contributed by atoms with Crippen LogP contribution in [0.1, 0.15) is 380 Å². The number of carbonyl (C=O) groups is 3. The molecule has 81 heavy (non-hydrogen) atoms. The van der Waals surface area contributed by atoms with E-state index in [9.17, 15) is 14.4 Å². The number of unbranched alkanes of at least 4 members (excludes halogenated alkanes) is 45. The van der Waals surface area contributed by atoms with Gasteiger partial charge in [0, 0.05) is 19.3 Å². The van der Waals surface area contributed by atoms with E-state index >= 15 is 0 Å². The van der Waals surface area contributed by atoms with Crippen molar-refractivity contribution in [3.05, 3.63) is 60.8 Å². The molecule has 1 atom stereocenters. The summed E-state index contributed by atoms with van der Waals surface area (Å²) in [5.74, 6) is -0.880. The molecule has 0 aromatic carbocycles. The van der Waals surface area contributed by atoms with Gasteiger partial charge in [-0.05, 0) is 103 Å². The standard InChI is InChI=1S/C75H136O6/c1-4-7-10-13-16-19-22-25-28-30-31-32-33-34-35-36-37-38-39-40-41-42-43-44-45-46-48-50-53-56-59-62-65-68-74(77)80-71-72(70-79-73(76)67-64-61-58-55-52-49-27-24-21-18-15-12-9-6-3)81-75(78)69-66-63-60-57-54-51-47-29-26-23-20-17-14-11-8-5-2/h15,18,22,24-25,27,29-31,47,72H,4-14,16-17,19-21,23,26,28,32-46,48-71H2,1-3H3/b18-15-,25-22-,27-24-,31-30-,47-29-. The molecule has 472 valence electrons. The third-order valence-electron chi connectivity index (χ3n) is 16.0. The smallest absolute Gasteiger partial charge is 0.306 e. The molecule has 0 saturated heterocycles.